The number of nitrogens with one attached hydrogen (secondary N) is 2. The zero-order valence-electron chi connectivity index (χ0n) is 12.8. The van der Waals surface area contributed by atoms with Gasteiger partial charge in [-0.1, -0.05) is 50.1 Å². The van der Waals surface area contributed by atoms with Crippen LogP contribution in [-0.2, 0) is 4.79 Å². The van der Waals surface area contributed by atoms with Crippen molar-refractivity contribution in [2.45, 2.75) is 63.6 Å². The molecule has 0 unspecified atom stereocenters. The molecule has 2 N–H and O–H groups in total. The smallest absolute Gasteiger partial charge is 0.241 e. The zero-order chi connectivity index (χ0) is 14.7. The molecule has 3 heteroatoms. The number of hydrogen-bond donors (Lipinski definition) is 2. The molecule has 1 aromatic rings. The minimum atomic E-state index is -0.211. The standard InChI is InChI=1S/C18H26N2O/c1-13-7-5-6-10-16(13)20-17(14-8-3-2-4-9-14)18(21)19-15-11-12-15/h2-4,8-9,13,15-17,20H,5-7,10-12H2,1H3,(H,19,21)/t13-,16-,17-/m0/s1. The summed E-state index contributed by atoms with van der Waals surface area (Å²) in [5.41, 5.74) is 1.08. The second-order valence-corrected chi connectivity index (χ2v) is 6.66. The molecule has 21 heavy (non-hydrogen) atoms. The highest BCUT2D eigenvalue weighted by atomic mass is 16.2. The summed E-state index contributed by atoms with van der Waals surface area (Å²) >= 11 is 0. The zero-order valence-corrected chi connectivity index (χ0v) is 12.8. The van der Waals surface area contributed by atoms with E-state index in [2.05, 4.69) is 29.7 Å². The van der Waals surface area contributed by atoms with Crippen LogP contribution in [0.5, 0.6) is 0 Å². The lowest BCUT2D eigenvalue weighted by Gasteiger charge is -2.33. The molecule has 3 nitrogen and oxygen atoms in total. The summed E-state index contributed by atoms with van der Waals surface area (Å²) in [6, 6.07) is 10.8. The van der Waals surface area contributed by atoms with Crippen molar-refractivity contribution in [3.63, 3.8) is 0 Å². The van der Waals surface area contributed by atoms with Gasteiger partial charge < -0.3 is 5.32 Å². The van der Waals surface area contributed by atoms with Crippen LogP contribution < -0.4 is 10.6 Å². The number of amides is 1. The topological polar surface area (TPSA) is 41.1 Å². The Balaban J connectivity index is 1.73. The van der Waals surface area contributed by atoms with Crippen molar-refractivity contribution < 1.29 is 4.79 Å². The summed E-state index contributed by atoms with van der Waals surface area (Å²) in [4.78, 5) is 12.6. The van der Waals surface area contributed by atoms with E-state index in [1.165, 1.54) is 25.7 Å². The van der Waals surface area contributed by atoms with E-state index in [0.29, 0.717) is 18.0 Å². The summed E-state index contributed by atoms with van der Waals surface area (Å²) in [6.45, 7) is 2.30. The van der Waals surface area contributed by atoms with E-state index < -0.39 is 0 Å². The van der Waals surface area contributed by atoms with Gasteiger partial charge in [0.1, 0.15) is 6.04 Å². The molecule has 2 aliphatic rings. The van der Waals surface area contributed by atoms with Gasteiger partial charge in [-0.2, -0.15) is 0 Å². The predicted octanol–water partition coefficient (Wildman–Crippen LogP) is 3.17. The SMILES string of the molecule is C[C@H]1CCCC[C@@H]1N[C@H](C(=O)NC1CC1)c1ccccc1. The number of carbonyl (C=O) groups is 1. The molecular formula is C18H26N2O. The van der Waals surface area contributed by atoms with Crippen molar-refractivity contribution in [3.05, 3.63) is 35.9 Å². The average Bonchev–Trinajstić information content (AvgIpc) is 3.31. The molecule has 0 heterocycles. The minimum Gasteiger partial charge on any atom is -0.352 e. The normalized spacial score (nSPS) is 27.1. The predicted molar refractivity (Wildman–Crippen MR) is 84.9 cm³/mol. The fraction of sp³-hybridized carbons (Fsp3) is 0.611. The lowest BCUT2D eigenvalue weighted by atomic mass is 9.85. The summed E-state index contributed by atoms with van der Waals surface area (Å²) in [5, 5.41) is 6.80. The van der Waals surface area contributed by atoms with Gasteiger partial charge in [-0.15, -0.1) is 0 Å². The average molecular weight is 286 g/mol. The highest BCUT2D eigenvalue weighted by Crippen LogP contribution is 2.27. The number of carbonyl (C=O) groups excluding carboxylic acids is 1. The molecule has 1 aromatic carbocycles. The molecular weight excluding hydrogens is 260 g/mol. The maximum atomic E-state index is 12.6. The summed E-state index contributed by atoms with van der Waals surface area (Å²) in [7, 11) is 0. The van der Waals surface area contributed by atoms with Crippen LogP contribution >= 0.6 is 0 Å². The largest absolute Gasteiger partial charge is 0.352 e. The molecule has 3 rings (SSSR count). The first-order valence-electron chi connectivity index (χ1n) is 8.35. The van der Waals surface area contributed by atoms with Crippen LogP contribution in [0.25, 0.3) is 0 Å². The van der Waals surface area contributed by atoms with Gasteiger partial charge in [-0.3, -0.25) is 10.1 Å². The van der Waals surface area contributed by atoms with Gasteiger partial charge in [0.25, 0.3) is 0 Å². The Labute approximate surface area is 127 Å². The molecule has 2 aliphatic carbocycles. The van der Waals surface area contributed by atoms with Crippen LogP contribution in [-0.4, -0.2) is 18.0 Å². The molecule has 0 saturated heterocycles. The van der Waals surface area contributed by atoms with Gasteiger partial charge in [0, 0.05) is 12.1 Å². The lowest BCUT2D eigenvalue weighted by Crippen LogP contribution is -2.46. The lowest BCUT2D eigenvalue weighted by molar-refractivity contribution is -0.123. The van der Waals surface area contributed by atoms with Gasteiger partial charge in [-0.25, -0.2) is 0 Å². The van der Waals surface area contributed by atoms with Crippen molar-refractivity contribution in [2.24, 2.45) is 5.92 Å². The molecule has 0 aliphatic heterocycles. The maximum Gasteiger partial charge on any atom is 0.241 e. The summed E-state index contributed by atoms with van der Waals surface area (Å²) in [5.74, 6) is 0.792. The fourth-order valence-electron chi connectivity index (χ4n) is 3.26. The van der Waals surface area contributed by atoms with E-state index in [1.54, 1.807) is 0 Å². The first kappa shape index (κ1) is 14.6. The second kappa shape index (κ2) is 6.61. The highest BCUT2D eigenvalue weighted by molar-refractivity contribution is 5.83. The first-order chi connectivity index (χ1) is 10.2. The van der Waals surface area contributed by atoms with E-state index in [1.807, 2.05) is 18.2 Å². The third-order valence-corrected chi connectivity index (χ3v) is 4.81. The van der Waals surface area contributed by atoms with Crippen molar-refractivity contribution in [1.29, 1.82) is 0 Å². The van der Waals surface area contributed by atoms with Crippen LogP contribution in [0.15, 0.2) is 30.3 Å². The van der Waals surface area contributed by atoms with Crippen molar-refractivity contribution in [2.75, 3.05) is 0 Å². The van der Waals surface area contributed by atoms with Crippen LogP contribution in [0.3, 0.4) is 0 Å². The Morgan fingerprint density at radius 2 is 1.81 bits per heavy atom. The van der Waals surface area contributed by atoms with E-state index in [4.69, 9.17) is 0 Å². The Kier molecular flexibility index (Phi) is 4.59. The van der Waals surface area contributed by atoms with Gasteiger partial charge in [0.05, 0.1) is 0 Å². The Bertz CT molecular complexity index is 469. The van der Waals surface area contributed by atoms with Crippen molar-refractivity contribution in [3.8, 4) is 0 Å². The Morgan fingerprint density at radius 1 is 1.10 bits per heavy atom. The van der Waals surface area contributed by atoms with Gasteiger partial charge >= 0.3 is 0 Å². The van der Waals surface area contributed by atoms with E-state index in [9.17, 15) is 4.79 Å². The van der Waals surface area contributed by atoms with E-state index in [0.717, 1.165) is 18.4 Å². The Hall–Kier alpha value is -1.35. The van der Waals surface area contributed by atoms with Gasteiger partial charge in [0.15, 0.2) is 0 Å². The molecule has 2 fully saturated rings. The molecule has 0 radical (unpaired) electrons. The van der Waals surface area contributed by atoms with Crippen LogP contribution in [0.2, 0.25) is 0 Å². The van der Waals surface area contributed by atoms with Gasteiger partial charge in [0.2, 0.25) is 5.91 Å². The monoisotopic (exact) mass is 286 g/mol. The molecule has 3 atom stereocenters. The molecule has 1 amide bonds. The number of benzene rings is 1. The molecule has 0 aromatic heterocycles. The third-order valence-electron chi connectivity index (χ3n) is 4.81. The number of hydrogen-bond acceptors (Lipinski definition) is 2. The minimum absolute atomic E-state index is 0.140. The second-order valence-electron chi connectivity index (χ2n) is 6.66. The van der Waals surface area contributed by atoms with Gasteiger partial charge in [-0.05, 0) is 37.2 Å². The summed E-state index contributed by atoms with van der Waals surface area (Å²) in [6.07, 6.45) is 7.31. The van der Waals surface area contributed by atoms with E-state index in [-0.39, 0.29) is 11.9 Å². The Morgan fingerprint density at radius 3 is 2.48 bits per heavy atom. The molecule has 114 valence electrons. The van der Waals surface area contributed by atoms with Crippen molar-refractivity contribution in [1.82, 2.24) is 10.6 Å². The first-order valence-corrected chi connectivity index (χ1v) is 8.35. The summed E-state index contributed by atoms with van der Waals surface area (Å²) < 4.78 is 0. The van der Waals surface area contributed by atoms with Crippen LogP contribution in [0.4, 0.5) is 0 Å². The van der Waals surface area contributed by atoms with E-state index >= 15 is 0 Å². The number of rotatable bonds is 5. The fourth-order valence-corrected chi connectivity index (χ4v) is 3.26. The van der Waals surface area contributed by atoms with Crippen LogP contribution in [0, 0.1) is 5.92 Å². The van der Waals surface area contributed by atoms with Crippen LogP contribution in [0.1, 0.15) is 57.1 Å². The quantitative estimate of drug-likeness (QED) is 0.873. The third kappa shape index (κ3) is 3.85. The molecule has 0 bridgehead atoms. The van der Waals surface area contributed by atoms with Crippen molar-refractivity contribution >= 4 is 5.91 Å². The molecule has 0 spiro atoms. The molecule has 2 saturated carbocycles. The maximum absolute atomic E-state index is 12.6. The highest BCUT2D eigenvalue weighted by Gasteiger charge is 2.31.